The first-order valence-corrected chi connectivity index (χ1v) is 7.00. The Labute approximate surface area is 112 Å². The van der Waals surface area contributed by atoms with Crippen molar-refractivity contribution < 1.29 is 4.74 Å². The number of pyridine rings is 1. The lowest BCUT2D eigenvalue weighted by molar-refractivity contribution is 0.415. The van der Waals surface area contributed by atoms with Gasteiger partial charge in [-0.1, -0.05) is 13.8 Å². The number of benzene rings is 1. The highest BCUT2D eigenvalue weighted by Gasteiger charge is 2.06. The second-order valence-electron chi connectivity index (χ2n) is 4.45. The second kappa shape index (κ2) is 5.48. The number of hydrogen-bond acceptors (Lipinski definition) is 4. The Morgan fingerprint density at radius 3 is 2.78 bits per heavy atom. The number of aromatic nitrogens is 1. The number of nitrogens with two attached hydrogens (primary N) is 1. The van der Waals surface area contributed by atoms with Crippen LogP contribution < -0.4 is 10.5 Å². The van der Waals surface area contributed by atoms with E-state index in [0.29, 0.717) is 11.1 Å². The van der Waals surface area contributed by atoms with Crippen LogP contribution in [0.1, 0.15) is 19.4 Å². The molecule has 96 valence electrons. The van der Waals surface area contributed by atoms with Gasteiger partial charge >= 0.3 is 0 Å². The van der Waals surface area contributed by atoms with Crippen LogP contribution in [0.4, 0.5) is 5.82 Å². The second-order valence-corrected chi connectivity index (χ2v) is 6.02. The average Bonchev–Trinajstić information content (AvgIpc) is 2.35. The van der Waals surface area contributed by atoms with Gasteiger partial charge < -0.3 is 10.5 Å². The van der Waals surface area contributed by atoms with E-state index in [9.17, 15) is 0 Å². The van der Waals surface area contributed by atoms with E-state index in [4.69, 9.17) is 10.5 Å². The molecule has 1 aromatic carbocycles. The van der Waals surface area contributed by atoms with Gasteiger partial charge in [0.15, 0.2) is 0 Å². The van der Waals surface area contributed by atoms with Gasteiger partial charge in [0.1, 0.15) is 11.6 Å². The van der Waals surface area contributed by atoms with Crippen molar-refractivity contribution >= 4 is 28.5 Å². The van der Waals surface area contributed by atoms with Crippen LogP contribution in [0.25, 0.3) is 10.9 Å². The Morgan fingerprint density at radius 2 is 2.11 bits per heavy atom. The molecule has 4 heteroatoms. The first-order valence-electron chi connectivity index (χ1n) is 5.95. The Bertz CT molecular complexity index is 555. The molecule has 3 nitrogen and oxygen atoms in total. The summed E-state index contributed by atoms with van der Waals surface area (Å²) in [5, 5.41) is 1.69. The standard InChI is InChI=1S/C14H18N2OS/c1-9(2)18-8-11-6-10-4-5-12(17-3)7-13(10)16-14(11)15/h4-7,9H,8H2,1-3H3,(H2,15,16). The zero-order valence-electron chi connectivity index (χ0n) is 10.9. The van der Waals surface area contributed by atoms with E-state index < -0.39 is 0 Å². The van der Waals surface area contributed by atoms with Gasteiger partial charge in [0.2, 0.25) is 0 Å². The molecule has 18 heavy (non-hydrogen) atoms. The summed E-state index contributed by atoms with van der Waals surface area (Å²) >= 11 is 1.87. The topological polar surface area (TPSA) is 48.1 Å². The van der Waals surface area contributed by atoms with Crippen molar-refractivity contribution in [2.24, 2.45) is 0 Å². The molecular formula is C14H18N2OS. The Hall–Kier alpha value is -1.42. The number of ether oxygens (including phenoxy) is 1. The number of nitrogens with zero attached hydrogens (tertiary/aromatic N) is 1. The van der Waals surface area contributed by atoms with Crippen molar-refractivity contribution in [3.8, 4) is 5.75 Å². The molecule has 0 spiro atoms. The van der Waals surface area contributed by atoms with Crippen molar-refractivity contribution in [1.29, 1.82) is 0 Å². The lowest BCUT2D eigenvalue weighted by Gasteiger charge is -2.09. The van der Waals surface area contributed by atoms with E-state index in [2.05, 4.69) is 24.9 Å². The summed E-state index contributed by atoms with van der Waals surface area (Å²) < 4.78 is 5.19. The molecule has 0 radical (unpaired) electrons. The number of fused-ring (bicyclic) bond motifs is 1. The number of rotatable bonds is 4. The highest BCUT2D eigenvalue weighted by atomic mass is 32.2. The SMILES string of the molecule is COc1ccc2cc(CSC(C)C)c(N)nc2c1. The van der Waals surface area contributed by atoms with E-state index in [0.717, 1.165) is 28.0 Å². The Balaban J connectivity index is 2.36. The third-order valence-corrected chi connectivity index (χ3v) is 3.85. The van der Waals surface area contributed by atoms with Crippen LogP contribution >= 0.6 is 11.8 Å². The predicted molar refractivity (Wildman–Crippen MR) is 79.1 cm³/mol. The fraction of sp³-hybridized carbons (Fsp3) is 0.357. The molecule has 1 heterocycles. The van der Waals surface area contributed by atoms with Crippen LogP contribution in [0.5, 0.6) is 5.75 Å². The number of hydrogen-bond donors (Lipinski definition) is 1. The summed E-state index contributed by atoms with van der Waals surface area (Å²) in [6.45, 7) is 4.36. The van der Waals surface area contributed by atoms with Crippen LogP contribution in [-0.4, -0.2) is 17.3 Å². The number of anilines is 1. The maximum atomic E-state index is 6.00. The Morgan fingerprint density at radius 1 is 1.33 bits per heavy atom. The average molecular weight is 262 g/mol. The molecule has 2 N–H and O–H groups in total. The van der Waals surface area contributed by atoms with Gasteiger partial charge in [-0.15, -0.1) is 0 Å². The lowest BCUT2D eigenvalue weighted by atomic mass is 10.1. The largest absolute Gasteiger partial charge is 0.497 e. The summed E-state index contributed by atoms with van der Waals surface area (Å²) in [5.74, 6) is 2.32. The third kappa shape index (κ3) is 2.88. The zero-order valence-corrected chi connectivity index (χ0v) is 11.8. The molecule has 0 saturated heterocycles. The summed E-state index contributed by atoms with van der Waals surface area (Å²) in [7, 11) is 1.65. The maximum absolute atomic E-state index is 6.00. The van der Waals surface area contributed by atoms with Gasteiger partial charge in [-0.3, -0.25) is 0 Å². The number of nitrogen functional groups attached to an aromatic ring is 1. The molecule has 2 rings (SSSR count). The van der Waals surface area contributed by atoms with Crippen LogP contribution in [0.2, 0.25) is 0 Å². The quantitative estimate of drug-likeness (QED) is 0.916. The monoisotopic (exact) mass is 262 g/mol. The van der Waals surface area contributed by atoms with Crippen LogP contribution in [0.15, 0.2) is 24.3 Å². The number of thioether (sulfide) groups is 1. The molecular weight excluding hydrogens is 244 g/mol. The molecule has 2 aromatic rings. The highest BCUT2D eigenvalue weighted by Crippen LogP contribution is 2.26. The van der Waals surface area contributed by atoms with Gasteiger partial charge in [-0.2, -0.15) is 11.8 Å². The van der Waals surface area contributed by atoms with E-state index in [1.54, 1.807) is 7.11 Å². The summed E-state index contributed by atoms with van der Waals surface area (Å²) in [6, 6.07) is 7.99. The fourth-order valence-corrected chi connectivity index (χ4v) is 2.45. The molecule has 0 aliphatic heterocycles. The van der Waals surface area contributed by atoms with Gasteiger partial charge in [0, 0.05) is 22.8 Å². The van der Waals surface area contributed by atoms with Crippen LogP contribution in [0.3, 0.4) is 0 Å². The fourth-order valence-electron chi connectivity index (χ4n) is 1.70. The van der Waals surface area contributed by atoms with Crippen molar-refractivity contribution in [1.82, 2.24) is 4.98 Å². The molecule has 0 unspecified atom stereocenters. The molecule has 0 atom stereocenters. The lowest BCUT2D eigenvalue weighted by Crippen LogP contribution is -1.99. The molecule has 0 aliphatic carbocycles. The van der Waals surface area contributed by atoms with Crippen LogP contribution in [-0.2, 0) is 5.75 Å². The smallest absolute Gasteiger partial charge is 0.128 e. The first kappa shape index (κ1) is 13.0. The minimum Gasteiger partial charge on any atom is -0.497 e. The predicted octanol–water partition coefficient (Wildman–Crippen LogP) is 3.47. The summed E-state index contributed by atoms with van der Waals surface area (Å²) in [6.07, 6.45) is 0. The molecule has 0 saturated carbocycles. The van der Waals surface area contributed by atoms with Crippen LogP contribution in [0, 0.1) is 0 Å². The van der Waals surface area contributed by atoms with Gasteiger partial charge in [0.25, 0.3) is 0 Å². The normalized spacial score (nSPS) is 11.1. The van der Waals surface area contributed by atoms with Crippen molar-refractivity contribution in [2.45, 2.75) is 24.9 Å². The summed E-state index contributed by atoms with van der Waals surface area (Å²) in [5.41, 5.74) is 7.98. The molecule has 0 aliphatic rings. The molecule has 0 fully saturated rings. The highest BCUT2D eigenvalue weighted by molar-refractivity contribution is 7.99. The zero-order chi connectivity index (χ0) is 13.1. The minimum absolute atomic E-state index is 0.593. The molecule has 0 amide bonds. The number of methoxy groups -OCH3 is 1. The van der Waals surface area contributed by atoms with E-state index >= 15 is 0 Å². The minimum atomic E-state index is 0.593. The van der Waals surface area contributed by atoms with Gasteiger partial charge in [0.05, 0.1) is 12.6 Å². The van der Waals surface area contributed by atoms with Crippen molar-refractivity contribution in [3.63, 3.8) is 0 Å². The van der Waals surface area contributed by atoms with Gasteiger partial charge in [-0.25, -0.2) is 4.98 Å². The first-order chi connectivity index (χ1) is 8.60. The maximum Gasteiger partial charge on any atom is 0.128 e. The van der Waals surface area contributed by atoms with Crippen molar-refractivity contribution in [3.05, 3.63) is 29.8 Å². The van der Waals surface area contributed by atoms with E-state index in [1.165, 1.54) is 0 Å². The Kier molecular flexibility index (Phi) is 3.97. The molecule has 1 aromatic heterocycles. The van der Waals surface area contributed by atoms with Gasteiger partial charge in [-0.05, 0) is 23.4 Å². The molecule has 0 bridgehead atoms. The van der Waals surface area contributed by atoms with E-state index in [-0.39, 0.29) is 0 Å². The van der Waals surface area contributed by atoms with Crippen molar-refractivity contribution in [2.75, 3.05) is 12.8 Å². The van der Waals surface area contributed by atoms with E-state index in [1.807, 2.05) is 30.0 Å². The summed E-state index contributed by atoms with van der Waals surface area (Å²) in [4.78, 5) is 4.45. The third-order valence-electron chi connectivity index (χ3n) is 2.71.